The first-order valence-corrected chi connectivity index (χ1v) is 9.58. The topological polar surface area (TPSA) is 94.2 Å². The zero-order chi connectivity index (χ0) is 17.4. The van der Waals surface area contributed by atoms with Crippen molar-refractivity contribution in [3.05, 3.63) is 18.0 Å². The van der Waals surface area contributed by atoms with E-state index >= 15 is 0 Å². The number of carbonyl (C=O) groups is 1. The van der Waals surface area contributed by atoms with Crippen LogP contribution in [-0.2, 0) is 17.1 Å². The number of primary amides is 1. The van der Waals surface area contributed by atoms with Crippen LogP contribution in [0.15, 0.2) is 17.2 Å². The Kier molecular flexibility index (Phi) is 5.20. The first-order chi connectivity index (χ1) is 10.6. The molecule has 130 valence electrons. The van der Waals surface area contributed by atoms with Gasteiger partial charge >= 0.3 is 0 Å². The van der Waals surface area contributed by atoms with Gasteiger partial charge in [-0.1, -0.05) is 27.2 Å². The molecule has 0 spiro atoms. The van der Waals surface area contributed by atoms with Crippen LogP contribution >= 0.6 is 0 Å². The lowest BCUT2D eigenvalue weighted by atomic mass is 9.74. The van der Waals surface area contributed by atoms with Crippen molar-refractivity contribution in [3.63, 3.8) is 0 Å². The predicted molar refractivity (Wildman–Crippen MR) is 89.4 cm³/mol. The van der Waals surface area contributed by atoms with Crippen LogP contribution in [0.5, 0.6) is 0 Å². The number of carbonyl (C=O) groups excluding carboxylic acids is 1. The minimum atomic E-state index is -3.66. The van der Waals surface area contributed by atoms with Gasteiger partial charge in [0.05, 0.1) is 0 Å². The molecule has 0 bridgehead atoms. The minimum absolute atomic E-state index is 0.0685. The summed E-state index contributed by atoms with van der Waals surface area (Å²) >= 11 is 0. The monoisotopic (exact) mass is 341 g/mol. The molecule has 3 atom stereocenters. The van der Waals surface area contributed by atoms with Gasteiger partial charge in [-0.25, -0.2) is 13.1 Å². The van der Waals surface area contributed by atoms with Crippen molar-refractivity contribution < 1.29 is 13.2 Å². The van der Waals surface area contributed by atoms with E-state index in [0.717, 1.165) is 19.3 Å². The fourth-order valence-electron chi connectivity index (χ4n) is 3.53. The Labute approximate surface area is 138 Å². The van der Waals surface area contributed by atoms with Crippen molar-refractivity contribution in [1.29, 1.82) is 0 Å². The van der Waals surface area contributed by atoms with Gasteiger partial charge in [0, 0.05) is 19.3 Å². The van der Waals surface area contributed by atoms with Crippen molar-refractivity contribution in [2.75, 3.05) is 0 Å². The summed E-state index contributed by atoms with van der Waals surface area (Å²) in [5.74, 6) is 0.627. The van der Waals surface area contributed by atoms with Crippen molar-refractivity contribution in [1.82, 2.24) is 9.29 Å². The van der Waals surface area contributed by atoms with Crippen LogP contribution in [0.1, 0.15) is 50.5 Å². The van der Waals surface area contributed by atoms with Gasteiger partial charge in [0.2, 0.25) is 10.0 Å². The summed E-state index contributed by atoms with van der Waals surface area (Å²) in [5.41, 5.74) is 5.44. The number of aromatic nitrogens is 1. The maximum absolute atomic E-state index is 12.7. The van der Waals surface area contributed by atoms with Crippen LogP contribution in [-0.4, -0.2) is 24.9 Å². The van der Waals surface area contributed by atoms with E-state index < -0.39 is 15.9 Å². The van der Waals surface area contributed by atoms with E-state index in [-0.39, 0.29) is 16.6 Å². The normalized spacial score (nSPS) is 25.7. The highest BCUT2D eigenvalue weighted by molar-refractivity contribution is 7.89. The number of aryl methyl sites for hydroxylation is 1. The van der Waals surface area contributed by atoms with Crippen molar-refractivity contribution in [2.45, 2.75) is 51.0 Å². The molecule has 1 heterocycles. The molecular formula is C16H27N3O3S. The second-order valence-electron chi connectivity index (χ2n) is 7.09. The standard InChI is InChI=1S/C16H27N3O3S/c1-10(2)13-6-5-11(3)7-14(13)18-23(21,22)12-8-15(16(17)20)19(4)9-12/h8-11,13-14,18H,5-7H2,1-4H3,(H2,17,20)/t11-,13-,14+/m1/s1. The lowest BCUT2D eigenvalue weighted by Crippen LogP contribution is -2.45. The second-order valence-corrected chi connectivity index (χ2v) is 8.80. The Morgan fingerprint density at radius 3 is 2.57 bits per heavy atom. The van der Waals surface area contributed by atoms with Gasteiger partial charge in [-0.15, -0.1) is 0 Å². The predicted octanol–water partition coefficient (Wildman–Crippen LogP) is 1.86. The van der Waals surface area contributed by atoms with Crippen LogP contribution in [0, 0.1) is 17.8 Å². The molecule has 1 aliphatic rings. The third-order valence-electron chi connectivity index (χ3n) is 4.87. The van der Waals surface area contributed by atoms with Crippen LogP contribution in [0.25, 0.3) is 0 Å². The smallest absolute Gasteiger partial charge is 0.265 e. The molecule has 3 N–H and O–H groups in total. The molecular weight excluding hydrogens is 314 g/mol. The SMILES string of the molecule is CC(C)[C@H]1CC[C@@H](C)C[C@@H]1NS(=O)(=O)c1cc(C(N)=O)n(C)c1. The van der Waals surface area contributed by atoms with E-state index in [1.165, 1.54) is 16.8 Å². The Morgan fingerprint density at radius 2 is 2.04 bits per heavy atom. The first-order valence-electron chi connectivity index (χ1n) is 8.10. The van der Waals surface area contributed by atoms with E-state index in [0.29, 0.717) is 17.8 Å². The summed E-state index contributed by atoms with van der Waals surface area (Å²) in [6.45, 7) is 6.43. The molecule has 6 nitrogen and oxygen atoms in total. The Balaban J connectivity index is 2.25. The number of sulfonamides is 1. The highest BCUT2D eigenvalue weighted by atomic mass is 32.2. The average Bonchev–Trinajstić information content (AvgIpc) is 2.81. The highest BCUT2D eigenvalue weighted by Gasteiger charge is 2.34. The van der Waals surface area contributed by atoms with Crippen LogP contribution < -0.4 is 10.5 Å². The highest BCUT2D eigenvalue weighted by Crippen LogP contribution is 2.34. The number of amides is 1. The molecule has 23 heavy (non-hydrogen) atoms. The van der Waals surface area contributed by atoms with Crippen LogP contribution in [0.3, 0.4) is 0 Å². The van der Waals surface area contributed by atoms with Gasteiger partial charge in [0.25, 0.3) is 5.91 Å². The molecule has 0 saturated heterocycles. The summed E-state index contributed by atoms with van der Waals surface area (Å²) in [7, 11) is -2.05. The maximum Gasteiger partial charge on any atom is 0.265 e. The zero-order valence-corrected chi connectivity index (χ0v) is 15.1. The van der Waals surface area contributed by atoms with Crippen LogP contribution in [0.2, 0.25) is 0 Å². The number of hydrogen-bond donors (Lipinski definition) is 2. The molecule has 1 fully saturated rings. The Hall–Kier alpha value is -1.34. The van der Waals surface area contributed by atoms with Gasteiger partial charge in [-0.05, 0) is 36.7 Å². The molecule has 0 radical (unpaired) electrons. The third-order valence-corrected chi connectivity index (χ3v) is 6.33. The second kappa shape index (κ2) is 6.65. The third kappa shape index (κ3) is 3.95. The van der Waals surface area contributed by atoms with Gasteiger partial charge < -0.3 is 10.3 Å². The molecule has 1 saturated carbocycles. The van der Waals surface area contributed by atoms with Crippen molar-refractivity contribution in [3.8, 4) is 0 Å². The quantitative estimate of drug-likeness (QED) is 0.856. The molecule has 0 aliphatic heterocycles. The molecule has 7 heteroatoms. The van der Waals surface area contributed by atoms with Gasteiger partial charge in [0.1, 0.15) is 10.6 Å². The minimum Gasteiger partial charge on any atom is -0.364 e. The largest absolute Gasteiger partial charge is 0.364 e. The maximum atomic E-state index is 12.7. The lowest BCUT2D eigenvalue weighted by molar-refractivity contribution is 0.0992. The summed E-state index contributed by atoms with van der Waals surface area (Å²) in [6, 6.07) is 1.27. The average molecular weight is 341 g/mol. The van der Waals surface area contributed by atoms with E-state index in [1.807, 2.05) is 0 Å². The van der Waals surface area contributed by atoms with Crippen molar-refractivity contribution in [2.24, 2.45) is 30.5 Å². The number of rotatable bonds is 5. The van der Waals surface area contributed by atoms with Crippen molar-refractivity contribution >= 4 is 15.9 Å². The van der Waals surface area contributed by atoms with Gasteiger partial charge in [-0.3, -0.25) is 4.79 Å². The van der Waals surface area contributed by atoms with E-state index in [9.17, 15) is 13.2 Å². The molecule has 1 amide bonds. The number of hydrogen-bond acceptors (Lipinski definition) is 3. The Bertz CT molecular complexity index is 679. The van der Waals surface area contributed by atoms with Gasteiger partial charge in [0.15, 0.2) is 0 Å². The summed E-state index contributed by atoms with van der Waals surface area (Å²) in [6.07, 6.45) is 4.45. The van der Waals surface area contributed by atoms with E-state index in [2.05, 4.69) is 25.5 Å². The van der Waals surface area contributed by atoms with Gasteiger partial charge in [-0.2, -0.15) is 0 Å². The molecule has 1 aromatic rings. The molecule has 0 aromatic carbocycles. The number of nitrogens with zero attached hydrogens (tertiary/aromatic N) is 1. The summed E-state index contributed by atoms with van der Waals surface area (Å²) in [5, 5.41) is 0. The summed E-state index contributed by atoms with van der Waals surface area (Å²) < 4.78 is 29.7. The molecule has 1 aromatic heterocycles. The van der Waals surface area contributed by atoms with E-state index in [1.54, 1.807) is 7.05 Å². The molecule has 1 aliphatic carbocycles. The molecule has 2 rings (SSSR count). The number of nitrogens with one attached hydrogen (secondary N) is 1. The Morgan fingerprint density at radius 1 is 1.39 bits per heavy atom. The number of nitrogens with two attached hydrogens (primary N) is 1. The summed E-state index contributed by atoms with van der Waals surface area (Å²) in [4.78, 5) is 11.4. The fourth-order valence-corrected chi connectivity index (χ4v) is 4.90. The zero-order valence-electron chi connectivity index (χ0n) is 14.2. The lowest BCUT2D eigenvalue weighted by Gasteiger charge is -2.37. The molecule has 0 unspecified atom stereocenters. The first kappa shape index (κ1) is 18.0. The fraction of sp³-hybridized carbons (Fsp3) is 0.688. The van der Waals surface area contributed by atoms with E-state index in [4.69, 9.17) is 5.73 Å². The van der Waals surface area contributed by atoms with Crippen LogP contribution in [0.4, 0.5) is 0 Å².